The third kappa shape index (κ3) is 8.22. The summed E-state index contributed by atoms with van der Waals surface area (Å²) in [5, 5.41) is 3.10. The molecule has 1 unspecified atom stereocenters. The van der Waals surface area contributed by atoms with E-state index in [0.717, 1.165) is 32.4 Å². The van der Waals surface area contributed by atoms with Crippen molar-refractivity contribution in [1.29, 1.82) is 0 Å². The molecule has 0 saturated heterocycles. The van der Waals surface area contributed by atoms with Crippen LogP contribution in [0.1, 0.15) is 46.5 Å². The monoisotopic (exact) mass is 271 g/mol. The molecular weight excluding hydrogens is 238 g/mol. The molecule has 0 aromatic heterocycles. The zero-order valence-electron chi connectivity index (χ0n) is 13.5. The average Bonchev–Trinajstić information content (AvgIpc) is 2.32. The van der Waals surface area contributed by atoms with E-state index in [1.807, 2.05) is 19.0 Å². The van der Waals surface area contributed by atoms with Gasteiger partial charge in [-0.3, -0.25) is 4.79 Å². The fraction of sp³-hybridized carbons (Fsp3) is 0.933. The Morgan fingerprint density at radius 1 is 1.32 bits per heavy atom. The molecule has 0 aliphatic rings. The van der Waals surface area contributed by atoms with Gasteiger partial charge in [-0.05, 0) is 50.7 Å². The molecular formula is C15H33N3O. The van der Waals surface area contributed by atoms with E-state index in [1.165, 1.54) is 0 Å². The molecule has 0 fully saturated rings. The summed E-state index contributed by atoms with van der Waals surface area (Å²) in [7, 11) is 3.83. The van der Waals surface area contributed by atoms with Gasteiger partial charge in [-0.15, -0.1) is 0 Å². The minimum atomic E-state index is 0.227. The smallest absolute Gasteiger partial charge is 0.222 e. The number of nitrogens with one attached hydrogen (secondary N) is 1. The Hall–Kier alpha value is -0.610. The average molecular weight is 271 g/mol. The SMILES string of the molecule is CNCCCN(C)C(=O)CCC(CCN)C(C)(C)C. The Morgan fingerprint density at radius 2 is 1.95 bits per heavy atom. The van der Waals surface area contributed by atoms with Crippen molar-refractivity contribution in [2.75, 3.05) is 33.7 Å². The summed E-state index contributed by atoms with van der Waals surface area (Å²) in [4.78, 5) is 13.9. The van der Waals surface area contributed by atoms with Crippen molar-refractivity contribution < 1.29 is 4.79 Å². The minimum Gasteiger partial charge on any atom is -0.346 e. The molecule has 0 heterocycles. The molecule has 4 heteroatoms. The molecule has 1 atom stereocenters. The van der Waals surface area contributed by atoms with E-state index in [0.29, 0.717) is 18.9 Å². The minimum absolute atomic E-state index is 0.227. The van der Waals surface area contributed by atoms with Crippen LogP contribution in [0.15, 0.2) is 0 Å². The van der Waals surface area contributed by atoms with Crippen molar-refractivity contribution in [3.05, 3.63) is 0 Å². The standard InChI is InChI=1S/C15H33N3O/c1-15(2,3)13(9-10-16)7-8-14(19)18(5)12-6-11-17-4/h13,17H,6-12,16H2,1-5H3. The van der Waals surface area contributed by atoms with Gasteiger partial charge in [0.05, 0.1) is 0 Å². The van der Waals surface area contributed by atoms with E-state index in [2.05, 4.69) is 26.1 Å². The van der Waals surface area contributed by atoms with Crippen molar-refractivity contribution in [3.8, 4) is 0 Å². The molecule has 0 radical (unpaired) electrons. The molecule has 0 bridgehead atoms. The number of amides is 1. The first-order chi connectivity index (χ1) is 8.82. The Morgan fingerprint density at radius 3 is 2.42 bits per heavy atom. The lowest BCUT2D eigenvalue weighted by Crippen LogP contribution is -2.31. The van der Waals surface area contributed by atoms with E-state index < -0.39 is 0 Å². The highest BCUT2D eigenvalue weighted by molar-refractivity contribution is 5.75. The maximum absolute atomic E-state index is 12.0. The van der Waals surface area contributed by atoms with E-state index in [-0.39, 0.29) is 11.3 Å². The summed E-state index contributed by atoms with van der Waals surface area (Å²) < 4.78 is 0. The van der Waals surface area contributed by atoms with Gasteiger partial charge in [0.15, 0.2) is 0 Å². The predicted octanol–water partition coefficient (Wildman–Crippen LogP) is 1.85. The van der Waals surface area contributed by atoms with Gasteiger partial charge in [-0.25, -0.2) is 0 Å². The quantitative estimate of drug-likeness (QED) is 0.629. The van der Waals surface area contributed by atoms with Gasteiger partial charge in [0, 0.05) is 20.0 Å². The van der Waals surface area contributed by atoms with Crippen LogP contribution < -0.4 is 11.1 Å². The molecule has 3 N–H and O–H groups in total. The first-order valence-electron chi connectivity index (χ1n) is 7.41. The largest absolute Gasteiger partial charge is 0.346 e. The molecule has 19 heavy (non-hydrogen) atoms. The molecule has 0 aliphatic heterocycles. The molecule has 114 valence electrons. The van der Waals surface area contributed by atoms with Gasteiger partial charge in [-0.1, -0.05) is 20.8 Å². The maximum atomic E-state index is 12.0. The highest BCUT2D eigenvalue weighted by Gasteiger charge is 2.24. The van der Waals surface area contributed by atoms with Crippen LogP contribution in [0.4, 0.5) is 0 Å². The Bertz CT molecular complexity index is 248. The third-order valence-corrected chi connectivity index (χ3v) is 3.79. The summed E-state index contributed by atoms with van der Waals surface area (Å²) in [6, 6.07) is 0. The summed E-state index contributed by atoms with van der Waals surface area (Å²) in [6.07, 6.45) is 3.58. The van der Waals surface area contributed by atoms with E-state index in [1.54, 1.807) is 0 Å². The predicted molar refractivity (Wildman–Crippen MR) is 82.0 cm³/mol. The molecule has 1 amide bonds. The van der Waals surface area contributed by atoms with E-state index in [4.69, 9.17) is 5.73 Å². The zero-order valence-corrected chi connectivity index (χ0v) is 13.5. The maximum Gasteiger partial charge on any atom is 0.222 e. The Kier molecular flexibility index (Phi) is 9.02. The van der Waals surface area contributed by atoms with Crippen molar-refractivity contribution in [1.82, 2.24) is 10.2 Å². The van der Waals surface area contributed by atoms with Gasteiger partial charge in [0.1, 0.15) is 0 Å². The van der Waals surface area contributed by atoms with Gasteiger partial charge in [0.2, 0.25) is 5.91 Å². The highest BCUT2D eigenvalue weighted by atomic mass is 16.2. The molecule has 0 aliphatic carbocycles. The summed E-state index contributed by atoms with van der Waals surface area (Å²) in [5.41, 5.74) is 5.90. The van der Waals surface area contributed by atoms with Crippen molar-refractivity contribution >= 4 is 5.91 Å². The van der Waals surface area contributed by atoms with Crippen molar-refractivity contribution in [3.63, 3.8) is 0 Å². The molecule has 0 saturated carbocycles. The van der Waals surface area contributed by atoms with Crippen molar-refractivity contribution in [2.24, 2.45) is 17.1 Å². The summed E-state index contributed by atoms with van der Waals surface area (Å²) in [6.45, 7) is 9.18. The second-order valence-corrected chi connectivity index (χ2v) is 6.45. The number of rotatable bonds is 9. The van der Waals surface area contributed by atoms with Crippen LogP contribution in [0.25, 0.3) is 0 Å². The Labute approximate surface area is 119 Å². The number of nitrogens with two attached hydrogens (primary N) is 1. The highest BCUT2D eigenvalue weighted by Crippen LogP contribution is 2.32. The number of hydrogen-bond donors (Lipinski definition) is 2. The summed E-state index contributed by atoms with van der Waals surface area (Å²) >= 11 is 0. The molecule has 0 aromatic carbocycles. The van der Waals surface area contributed by atoms with Crippen LogP contribution >= 0.6 is 0 Å². The van der Waals surface area contributed by atoms with Gasteiger partial charge >= 0.3 is 0 Å². The zero-order chi connectivity index (χ0) is 14.9. The second-order valence-electron chi connectivity index (χ2n) is 6.45. The lowest BCUT2D eigenvalue weighted by molar-refractivity contribution is -0.130. The Balaban J connectivity index is 4.10. The second kappa shape index (κ2) is 9.32. The van der Waals surface area contributed by atoms with Gasteiger partial charge in [-0.2, -0.15) is 0 Å². The fourth-order valence-corrected chi connectivity index (χ4v) is 2.32. The normalized spacial score (nSPS) is 13.4. The topological polar surface area (TPSA) is 58.4 Å². The molecule has 0 spiro atoms. The molecule has 4 nitrogen and oxygen atoms in total. The fourth-order valence-electron chi connectivity index (χ4n) is 2.32. The lowest BCUT2D eigenvalue weighted by atomic mass is 9.76. The van der Waals surface area contributed by atoms with Gasteiger partial charge < -0.3 is 16.0 Å². The molecule has 0 aromatic rings. The lowest BCUT2D eigenvalue weighted by Gasteiger charge is -2.31. The van der Waals surface area contributed by atoms with E-state index >= 15 is 0 Å². The molecule has 0 rings (SSSR count). The van der Waals surface area contributed by atoms with Crippen LogP contribution in [0.3, 0.4) is 0 Å². The summed E-state index contributed by atoms with van der Waals surface area (Å²) in [5.74, 6) is 0.773. The number of hydrogen-bond acceptors (Lipinski definition) is 3. The third-order valence-electron chi connectivity index (χ3n) is 3.79. The van der Waals surface area contributed by atoms with E-state index in [9.17, 15) is 4.79 Å². The van der Waals surface area contributed by atoms with Crippen LogP contribution in [-0.2, 0) is 4.79 Å². The van der Waals surface area contributed by atoms with Crippen LogP contribution in [0.2, 0.25) is 0 Å². The van der Waals surface area contributed by atoms with Gasteiger partial charge in [0.25, 0.3) is 0 Å². The van der Waals surface area contributed by atoms with Crippen molar-refractivity contribution in [2.45, 2.75) is 46.5 Å². The number of nitrogens with zero attached hydrogens (tertiary/aromatic N) is 1. The van der Waals surface area contributed by atoms with Crippen LogP contribution in [0.5, 0.6) is 0 Å². The van der Waals surface area contributed by atoms with Crippen LogP contribution in [-0.4, -0.2) is 44.5 Å². The van der Waals surface area contributed by atoms with Crippen LogP contribution in [0, 0.1) is 11.3 Å². The first kappa shape index (κ1) is 18.4. The first-order valence-corrected chi connectivity index (χ1v) is 7.41. The number of carbonyl (C=O) groups is 1. The number of carbonyl (C=O) groups excluding carboxylic acids is 1.